The largest absolute Gasteiger partial charge is 0.364 e. The van der Waals surface area contributed by atoms with Crippen LogP contribution in [0.1, 0.15) is 16.8 Å². The second-order valence-electron chi connectivity index (χ2n) is 6.44. The molecule has 3 heterocycles. The highest BCUT2D eigenvalue weighted by atomic mass is 15.1. The van der Waals surface area contributed by atoms with Gasteiger partial charge in [-0.25, -0.2) is 4.98 Å². The molecule has 0 radical (unpaired) electrons. The summed E-state index contributed by atoms with van der Waals surface area (Å²) in [6.07, 6.45) is 5.33. The Labute approximate surface area is 162 Å². The van der Waals surface area contributed by atoms with Crippen LogP contribution in [0.25, 0.3) is 22.4 Å². The minimum Gasteiger partial charge on any atom is -0.364 e. The van der Waals surface area contributed by atoms with Gasteiger partial charge in [-0.15, -0.1) is 0 Å². The van der Waals surface area contributed by atoms with Crippen LogP contribution in [0.3, 0.4) is 0 Å². The minimum absolute atomic E-state index is 0.555. The van der Waals surface area contributed by atoms with Crippen LogP contribution in [0.5, 0.6) is 0 Å². The average Bonchev–Trinajstić information content (AvgIpc) is 3.22. The molecule has 1 aromatic carbocycles. The summed E-state index contributed by atoms with van der Waals surface area (Å²) in [5.41, 5.74) is 6.68. The SMILES string of the molecule is Cc1cc(C#N)ccc1-c1ccnc(NCc2cc(-c3cccnc3)[nH]n2)c1. The number of anilines is 1. The number of aromatic amines is 1. The molecule has 4 rings (SSSR count). The van der Waals surface area contributed by atoms with E-state index in [1.807, 2.05) is 55.5 Å². The van der Waals surface area contributed by atoms with Crippen LogP contribution >= 0.6 is 0 Å². The molecule has 0 atom stereocenters. The van der Waals surface area contributed by atoms with E-state index in [1.165, 1.54) is 0 Å². The summed E-state index contributed by atoms with van der Waals surface area (Å²) in [7, 11) is 0. The van der Waals surface area contributed by atoms with Gasteiger partial charge in [-0.1, -0.05) is 6.07 Å². The number of aryl methyl sites for hydroxylation is 1. The van der Waals surface area contributed by atoms with E-state index in [4.69, 9.17) is 5.26 Å². The van der Waals surface area contributed by atoms with Crippen molar-refractivity contribution in [2.24, 2.45) is 0 Å². The molecule has 0 saturated heterocycles. The van der Waals surface area contributed by atoms with Gasteiger partial charge in [0, 0.05) is 24.2 Å². The van der Waals surface area contributed by atoms with Crippen molar-refractivity contribution in [3.05, 3.63) is 83.9 Å². The Morgan fingerprint density at radius 1 is 1.07 bits per heavy atom. The summed E-state index contributed by atoms with van der Waals surface area (Å²) in [4.78, 5) is 8.53. The number of rotatable bonds is 5. The Bertz CT molecular complexity index is 1140. The van der Waals surface area contributed by atoms with E-state index in [1.54, 1.807) is 18.6 Å². The standard InChI is InChI=1S/C22H18N6/c1-15-9-16(12-23)4-5-20(15)17-6-8-25-22(10-17)26-14-19-11-21(28-27-19)18-3-2-7-24-13-18/h2-11,13H,14H2,1H3,(H,25,26)(H,27,28). The number of nitrogens with one attached hydrogen (secondary N) is 2. The van der Waals surface area contributed by atoms with Gasteiger partial charge in [-0.05, 0) is 66.1 Å². The molecule has 0 amide bonds. The van der Waals surface area contributed by atoms with Crippen molar-refractivity contribution >= 4 is 5.82 Å². The number of nitrogens with zero attached hydrogens (tertiary/aromatic N) is 4. The normalized spacial score (nSPS) is 10.4. The maximum Gasteiger partial charge on any atom is 0.126 e. The topological polar surface area (TPSA) is 90.3 Å². The fourth-order valence-corrected chi connectivity index (χ4v) is 3.06. The number of aromatic nitrogens is 4. The molecule has 4 aromatic rings. The molecule has 2 N–H and O–H groups in total. The molecule has 28 heavy (non-hydrogen) atoms. The lowest BCUT2D eigenvalue weighted by molar-refractivity contribution is 0.976. The third-order valence-corrected chi connectivity index (χ3v) is 4.48. The molecular weight excluding hydrogens is 348 g/mol. The second-order valence-corrected chi connectivity index (χ2v) is 6.44. The highest BCUT2D eigenvalue weighted by Crippen LogP contribution is 2.26. The zero-order chi connectivity index (χ0) is 19.3. The minimum atomic E-state index is 0.555. The van der Waals surface area contributed by atoms with Gasteiger partial charge in [0.25, 0.3) is 0 Å². The van der Waals surface area contributed by atoms with Crippen molar-refractivity contribution in [2.75, 3.05) is 5.32 Å². The maximum atomic E-state index is 9.04. The molecule has 6 heteroatoms. The zero-order valence-corrected chi connectivity index (χ0v) is 15.3. The maximum absolute atomic E-state index is 9.04. The first-order valence-corrected chi connectivity index (χ1v) is 8.88. The molecule has 136 valence electrons. The number of pyridine rings is 2. The molecular formula is C22H18N6. The van der Waals surface area contributed by atoms with Gasteiger partial charge >= 0.3 is 0 Å². The number of hydrogen-bond donors (Lipinski definition) is 2. The van der Waals surface area contributed by atoms with Crippen LogP contribution < -0.4 is 5.32 Å². The summed E-state index contributed by atoms with van der Waals surface area (Å²) >= 11 is 0. The molecule has 0 aliphatic carbocycles. The van der Waals surface area contributed by atoms with Crippen LogP contribution in [0.15, 0.2) is 67.1 Å². The third kappa shape index (κ3) is 3.74. The lowest BCUT2D eigenvalue weighted by atomic mass is 9.99. The molecule has 0 unspecified atom stereocenters. The van der Waals surface area contributed by atoms with Crippen molar-refractivity contribution < 1.29 is 0 Å². The molecule has 0 bridgehead atoms. The van der Waals surface area contributed by atoms with Crippen molar-refractivity contribution in [3.8, 4) is 28.5 Å². The highest BCUT2D eigenvalue weighted by molar-refractivity contribution is 5.70. The average molecular weight is 366 g/mol. The molecule has 0 fully saturated rings. The quantitative estimate of drug-likeness (QED) is 0.549. The van der Waals surface area contributed by atoms with Crippen LogP contribution in [-0.2, 0) is 6.54 Å². The number of benzene rings is 1. The van der Waals surface area contributed by atoms with E-state index in [2.05, 4.69) is 31.6 Å². The number of hydrogen-bond acceptors (Lipinski definition) is 5. The Morgan fingerprint density at radius 3 is 2.79 bits per heavy atom. The van der Waals surface area contributed by atoms with Crippen LogP contribution in [0, 0.1) is 18.3 Å². The van der Waals surface area contributed by atoms with Gasteiger partial charge in [0.05, 0.1) is 29.6 Å². The zero-order valence-electron chi connectivity index (χ0n) is 15.3. The molecule has 0 aliphatic rings. The summed E-state index contributed by atoms with van der Waals surface area (Å²) in [6, 6.07) is 17.7. The smallest absolute Gasteiger partial charge is 0.126 e. The summed E-state index contributed by atoms with van der Waals surface area (Å²) in [5, 5.41) is 19.7. The van der Waals surface area contributed by atoms with Crippen molar-refractivity contribution in [3.63, 3.8) is 0 Å². The first-order chi connectivity index (χ1) is 13.7. The Balaban J connectivity index is 1.49. The van der Waals surface area contributed by atoms with E-state index < -0.39 is 0 Å². The molecule has 3 aromatic heterocycles. The Kier molecular flexibility index (Phi) is 4.81. The highest BCUT2D eigenvalue weighted by Gasteiger charge is 2.07. The lowest BCUT2D eigenvalue weighted by Gasteiger charge is -2.09. The Morgan fingerprint density at radius 2 is 2.00 bits per heavy atom. The van der Waals surface area contributed by atoms with Crippen molar-refractivity contribution in [1.82, 2.24) is 20.2 Å². The monoisotopic (exact) mass is 366 g/mol. The summed E-state index contributed by atoms with van der Waals surface area (Å²) in [5.74, 6) is 0.771. The lowest BCUT2D eigenvalue weighted by Crippen LogP contribution is -2.01. The summed E-state index contributed by atoms with van der Waals surface area (Å²) < 4.78 is 0. The first-order valence-electron chi connectivity index (χ1n) is 8.88. The van der Waals surface area contributed by atoms with E-state index in [9.17, 15) is 0 Å². The van der Waals surface area contributed by atoms with Gasteiger partial charge < -0.3 is 5.32 Å². The Hall–Kier alpha value is -3.98. The van der Waals surface area contributed by atoms with E-state index in [0.717, 1.165) is 39.5 Å². The van der Waals surface area contributed by atoms with Crippen molar-refractivity contribution in [2.45, 2.75) is 13.5 Å². The fraction of sp³-hybridized carbons (Fsp3) is 0.0909. The van der Waals surface area contributed by atoms with Gasteiger partial charge in [-0.2, -0.15) is 10.4 Å². The van der Waals surface area contributed by atoms with E-state index in [-0.39, 0.29) is 0 Å². The molecule has 6 nitrogen and oxygen atoms in total. The van der Waals surface area contributed by atoms with Gasteiger partial charge in [0.1, 0.15) is 5.82 Å². The fourth-order valence-electron chi connectivity index (χ4n) is 3.06. The van der Waals surface area contributed by atoms with Crippen LogP contribution in [-0.4, -0.2) is 20.2 Å². The van der Waals surface area contributed by atoms with Crippen LogP contribution in [0.2, 0.25) is 0 Å². The van der Waals surface area contributed by atoms with Gasteiger partial charge in [-0.3, -0.25) is 10.1 Å². The molecule has 0 saturated carbocycles. The predicted molar refractivity (Wildman–Crippen MR) is 108 cm³/mol. The van der Waals surface area contributed by atoms with Gasteiger partial charge in [0.15, 0.2) is 0 Å². The van der Waals surface area contributed by atoms with Gasteiger partial charge in [0.2, 0.25) is 0 Å². The summed E-state index contributed by atoms with van der Waals surface area (Å²) in [6.45, 7) is 2.56. The van der Waals surface area contributed by atoms with E-state index >= 15 is 0 Å². The number of nitriles is 1. The van der Waals surface area contributed by atoms with E-state index in [0.29, 0.717) is 12.1 Å². The second kappa shape index (κ2) is 7.72. The molecule has 0 aliphatic heterocycles. The molecule has 0 spiro atoms. The van der Waals surface area contributed by atoms with Crippen molar-refractivity contribution in [1.29, 1.82) is 5.26 Å². The predicted octanol–water partition coefficient (Wildman–Crippen LogP) is 4.33. The number of H-pyrrole nitrogens is 1. The third-order valence-electron chi connectivity index (χ3n) is 4.48. The first kappa shape index (κ1) is 17.4. The van der Waals surface area contributed by atoms with Crippen LogP contribution in [0.4, 0.5) is 5.82 Å².